The monoisotopic (exact) mass is 1840 g/mol. The van der Waals surface area contributed by atoms with Gasteiger partial charge >= 0.3 is 33.6 Å². The largest absolute Gasteiger partial charge is 0.472 e. The minimum Gasteiger partial charge on any atom is -0.463 e. The molecule has 0 rings (SSSR count). The molecule has 0 aromatic rings. The zero-order valence-corrected chi connectivity index (χ0v) is 83.8. The summed E-state index contributed by atoms with van der Waals surface area (Å²) in [7, 11) is -9.82. The summed E-state index contributed by atoms with van der Waals surface area (Å²) in [5.74, 6) is -1.56. The molecule has 740 valence electrons. The normalized spacial score (nSPS) is 14.4. The Bertz CT molecular complexity index is 3080. The number of carbonyl (C=O) groups excluding carboxylic acids is 3. The first-order valence-electron chi connectivity index (χ1n) is 52.1. The summed E-state index contributed by atoms with van der Waals surface area (Å²) >= 11 is 0. The highest BCUT2D eigenvalue weighted by Gasteiger charge is 2.30. The molecule has 0 heterocycles. The number of aliphatic hydroxyl groups is 2. The van der Waals surface area contributed by atoms with E-state index in [1.54, 1.807) is 0 Å². The maximum atomic E-state index is 13.1. The number of rotatable bonds is 98. The Labute approximate surface area is 789 Å². The van der Waals surface area contributed by atoms with Gasteiger partial charge in [0.05, 0.1) is 26.4 Å². The molecule has 0 amide bonds. The first-order chi connectivity index (χ1) is 63.2. The third-order valence-corrected chi connectivity index (χ3v) is 24.0. The van der Waals surface area contributed by atoms with Crippen LogP contribution < -0.4 is 0 Å². The quantitative estimate of drug-likeness (QED) is 0.0146. The molecule has 0 radical (unpaired) electrons. The van der Waals surface area contributed by atoms with Crippen LogP contribution in [0.3, 0.4) is 0 Å². The lowest BCUT2D eigenvalue weighted by Gasteiger charge is -2.21. The molecule has 16 nitrogen and oxygen atoms in total. The third kappa shape index (κ3) is 103. The standard InChI is InChI=1S/C111H190O16P2/c1-4-7-10-13-16-19-22-25-28-31-34-37-40-43-46-49-52-55-58-61-64-67-70-73-76-79-82-85-88-91-94-97-109(114)121-100-106(112)101-123-128(117,118)124-102-107(113)103-125-129(119,120)126-105-108(127-111(116)99-96-93-90-87-84-81-78-75-72-69-66-63-60-57-54-51-48-45-42-39-36-33-30-27-24-21-18-15-12-9-6-3)104-122-110(115)98-95-92-89-86-83-80-77-74-71-68-65-62-59-56-53-50-47-44-41-38-35-32-29-26-23-20-17-14-11-8-5-2/h7-8,10-11,16-21,25-30,34-39,43-48,52,55,106-108,112-113H,4-6,9,12-15,22-24,31-33,40-42,49-51,53-54,56-105H2,1-3H3,(H,117,118)(H,119,120)/b10-7-,11-8-,19-16-,20-17-,21-18-,28-25-,29-26-,30-27-,37-34-,38-35-,39-36-,46-43-,47-44-,48-45-,55-52-. The number of hydrogen-bond donors (Lipinski definition) is 4. The molecule has 0 bridgehead atoms. The van der Waals surface area contributed by atoms with Gasteiger partial charge in [-0.3, -0.25) is 32.5 Å². The van der Waals surface area contributed by atoms with Crippen molar-refractivity contribution in [3.63, 3.8) is 0 Å². The number of phosphoric ester groups is 2. The van der Waals surface area contributed by atoms with Crippen molar-refractivity contribution in [2.75, 3.05) is 39.6 Å². The molecule has 0 saturated carbocycles. The van der Waals surface area contributed by atoms with Gasteiger partial charge in [0.25, 0.3) is 0 Å². The van der Waals surface area contributed by atoms with Crippen LogP contribution in [0.25, 0.3) is 0 Å². The van der Waals surface area contributed by atoms with Gasteiger partial charge < -0.3 is 34.2 Å². The Morgan fingerprint density at radius 3 is 0.651 bits per heavy atom. The number of allylic oxidation sites excluding steroid dienone is 30. The molecule has 0 saturated heterocycles. The lowest BCUT2D eigenvalue weighted by molar-refractivity contribution is -0.161. The van der Waals surface area contributed by atoms with Gasteiger partial charge in [-0.1, -0.05) is 447 Å². The molecule has 0 aliphatic carbocycles. The van der Waals surface area contributed by atoms with Crippen LogP contribution in [0, 0.1) is 0 Å². The van der Waals surface area contributed by atoms with Gasteiger partial charge in [0.1, 0.15) is 25.4 Å². The van der Waals surface area contributed by atoms with Crippen LogP contribution in [0.1, 0.15) is 445 Å². The molecule has 5 unspecified atom stereocenters. The second kappa shape index (κ2) is 102. The van der Waals surface area contributed by atoms with Gasteiger partial charge in [0.15, 0.2) is 6.10 Å². The Kier molecular flexibility index (Phi) is 97.4. The highest BCUT2D eigenvalue weighted by molar-refractivity contribution is 7.47. The predicted molar refractivity (Wildman–Crippen MR) is 546 cm³/mol. The van der Waals surface area contributed by atoms with Crippen molar-refractivity contribution in [3.05, 3.63) is 182 Å². The lowest BCUT2D eigenvalue weighted by atomic mass is 10.0. The fraction of sp³-hybridized carbons (Fsp3) is 0.703. The summed E-state index contributed by atoms with van der Waals surface area (Å²) in [6.07, 6.45) is 135. The molecule has 0 aromatic heterocycles. The summed E-state index contributed by atoms with van der Waals surface area (Å²) in [5, 5.41) is 20.8. The molecule has 129 heavy (non-hydrogen) atoms. The highest BCUT2D eigenvalue weighted by atomic mass is 31.2. The van der Waals surface area contributed by atoms with Crippen molar-refractivity contribution in [2.45, 2.75) is 463 Å². The van der Waals surface area contributed by atoms with Gasteiger partial charge in [-0.15, -0.1) is 0 Å². The SMILES string of the molecule is CC/C=C\C/C=C\C/C=C\C/C=C\C/C=C\C/C=C\CCCCCCCCCCCCCCC(=O)OCC(O)COP(=O)(O)OCC(O)COP(=O)(O)OCC(COC(=O)CCCCCCCCCCCCCCCCC/C=C\C/C=C\C/C=C\C/C=C\C/C=C\CC)OC(=O)CCCCCCCCCCCCCCCCC/C=C\C/C=C\C/C=C\C/C=C\CCCCC. The molecule has 5 atom stereocenters. The van der Waals surface area contributed by atoms with Crippen LogP contribution in [0.15, 0.2) is 182 Å². The molecule has 0 aromatic carbocycles. The number of unbranched alkanes of at least 4 members (excludes halogenated alkanes) is 45. The van der Waals surface area contributed by atoms with Gasteiger partial charge in [0.2, 0.25) is 0 Å². The van der Waals surface area contributed by atoms with E-state index in [1.807, 2.05) is 0 Å². The molecule has 4 N–H and O–H groups in total. The lowest BCUT2D eigenvalue weighted by Crippen LogP contribution is -2.30. The zero-order valence-electron chi connectivity index (χ0n) is 82.0. The predicted octanol–water partition coefficient (Wildman–Crippen LogP) is 33.1. The number of phosphoric acid groups is 2. The smallest absolute Gasteiger partial charge is 0.463 e. The number of aliphatic hydroxyl groups excluding tert-OH is 2. The van der Waals surface area contributed by atoms with E-state index in [0.717, 1.165) is 161 Å². The van der Waals surface area contributed by atoms with E-state index in [2.05, 4.69) is 203 Å². The van der Waals surface area contributed by atoms with Crippen LogP contribution >= 0.6 is 15.6 Å². The average molecular weight is 1840 g/mol. The van der Waals surface area contributed by atoms with E-state index in [-0.39, 0.29) is 19.3 Å². The highest BCUT2D eigenvalue weighted by Crippen LogP contribution is 2.45. The van der Waals surface area contributed by atoms with Crippen molar-refractivity contribution >= 4 is 33.6 Å². The number of ether oxygens (including phenoxy) is 3. The van der Waals surface area contributed by atoms with Gasteiger partial charge in [0, 0.05) is 19.3 Å². The van der Waals surface area contributed by atoms with Crippen LogP contribution in [-0.4, -0.2) is 95.9 Å². The van der Waals surface area contributed by atoms with Crippen LogP contribution in [0.4, 0.5) is 0 Å². The summed E-state index contributed by atoms with van der Waals surface area (Å²) in [5.41, 5.74) is 0. The first kappa shape index (κ1) is 124. The van der Waals surface area contributed by atoms with Gasteiger partial charge in [-0.05, 0) is 161 Å². The third-order valence-electron chi connectivity index (χ3n) is 22.1. The Balaban J connectivity index is 4.64. The topological polar surface area (TPSA) is 231 Å². The van der Waals surface area contributed by atoms with E-state index < -0.39 is 91.5 Å². The fourth-order valence-electron chi connectivity index (χ4n) is 14.3. The average Bonchev–Trinajstić information content (AvgIpc) is 0.895. The van der Waals surface area contributed by atoms with Crippen molar-refractivity contribution in [2.24, 2.45) is 0 Å². The minimum absolute atomic E-state index is 0.102. The Morgan fingerprint density at radius 2 is 0.411 bits per heavy atom. The Hall–Kier alpha value is -5.35. The Morgan fingerprint density at radius 1 is 0.225 bits per heavy atom. The minimum atomic E-state index is -4.95. The van der Waals surface area contributed by atoms with E-state index in [1.165, 1.54) is 225 Å². The molecule has 0 aliphatic heterocycles. The molecule has 0 fully saturated rings. The van der Waals surface area contributed by atoms with Crippen LogP contribution in [-0.2, 0) is 55.8 Å². The van der Waals surface area contributed by atoms with Crippen LogP contribution in [0.2, 0.25) is 0 Å². The summed E-state index contributed by atoms with van der Waals surface area (Å²) < 4.78 is 61.8. The van der Waals surface area contributed by atoms with Crippen molar-refractivity contribution in [1.29, 1.82) is 0 Å². The van der Waals surface area contributed by atoms with Crippen molar-refractivity contribution in [1.82, 2.24) is 0 Å². The molecule has 18 heteroatoms. The van der Waals surface area contributed by atoms with E-state index in [9.17, 15) is 43.5 Å². The number of esters is 3. The number of carbonyl (C=O) groups is 3. The summed E-state index contributed by atoms with van der Waals surface area (Å²) in [6.45, 7) is 2.50. The van der Waals surface area contributed by atoms with E-state index >= 15 is 0 Å². The summed E-state index contributed by atoms with van der Waals surface area (Å²) in [6, 6.07) is 0. The van der Waals surface area contributed by atoms with E-state index in [0.29, 0.717) is 19.3 Å². The fourth-order valence-corrected chi connectivity index (χ4v) is 15.9. The second-order valence-corrected chi connectivity index (χ2v) is 37.5. The first-order valence-corrected chi connectivity index (χ1v) is 55.1. The molecular weight excluding hydrogens is 1650 g/mol. The second-order valence-electron chi connectivity index (χ2n) is 34.6. The summed E-state index contributed by atoms with van der Waals surface area (Å²) in [4.78, 5) is 59.3. The van der Waals surface area contributed by atoms with E-state index in [4.69, 9.17) is 32.3 Å². The molecule has 0 spiro atoms. The zero-order chi connectivity index (χ0) is 93.5. The maximum absolute atomic E-state index is 13.1. The molecule has 0 aliphatic rings. The van der Waals surface area contributed by atoms with Crippen molar-refractivity contribution < 1.29 is 75.8 Å². The van der Waals surface area contributed by atoms with Gasteiger partial charge in [-0.25, -0.2) is 9.13 Å². The number of hydrogen-bond acceptors (Lipinski definition) is 14. The van der Waals surface area contributed by atoms with Crippen molar-refractivity contribution in [3.8, 4) is 0 Å². The van der Waals surface area contributed by atoms with Crippen LogP contribution in [0.5, 0.6) is 0 Å². The van der Waals surface area contributed by atoms with Gasteiger partial charge in [-0.2, -0.15) is 0 Å². The molecular formula is C111H190O16P2. The maximum Gasteiger partial charge on any atom is 0.472 e.